The molecule has 1 fully saturated rings. The summed E-state index contributed by atoms with van der Waals surface area (Å²) in [4.78, 5) is 14.0. The third-order valence-electron chi connectivity index (χ3n) is 4.00. The average molecular weight is 274 g/mol. The second-order valence-electron chi connectivity index (χ2n) is 6.05. The van der Waals surface area contributed by atoms with Crippen LogP contribution in [0.2, 0.25) is 0 Å². The molecule has 1 aromatic rings. The molecule has 3 heteroatoms. The zero-order valence-corrected chi connectivity index (χ0v) is 12.6. The van der Waals surface area contributed by atoms with Gasteiger partial charge < -0.3 is 10.2 Å². The first-order valence-corrected chi connectivity index (χ1v) is 7.70. The van der Waals surface area contributed by atoms with Gasteiger partial charge >= 0.3 is 0 Å². The van der Waals surface area contributed by atoms with Crippen LogP contribution in [-0.2, 0) is 11.2 Å². The zero-order chi connectivity index (χ0) is 14.4. The fraction of sp³-hybridized carbons (Fsp3) is 0.588. The van der Waals surface area contributed by atoms with Crippen molar-refractivity contribution < 1.29 is 4.79 Å². The molecule has 1 N–H and O–H groups in total. The highest BCUT2D eigenvalue weighted by atomic mass is 16.2. The molecule has 1 heterocycles. The Kier molecular flexibility index (Phi) is 5.60. The first-order valence-electron chi connectivity index (χ1n) is 7.70. The van der Waals surface area contributed by atoms with Gasteiger partial charge in [-0.25, -0.2) is 0 Å². The molecular formula is C17H26N2O. The van der Waals surface area contributed by atoms with E-state index in [1.165, 1.54) is 5.56 Å². The average Bonchev–Trinajstić information content (AvgIpc) is 2.46. The fourth-order valence-corrected chi connectivity index (χ4v) is 2.74. The molecule has 20 heavy (non-hydrogen) atoms. The van der Waals surface area contributed by atoms with Crippen LogP contribution in [0.5, 0.6) is 0 Å². The summed E-state index contributed by atoms with van der Waals surface area (Å²) in [6, 6.07) is 11.0. The second-order valence-corrected chi connectivity index (χ2v) is 6.05. The van der Waals surface area contributed by atoms with Crippen molar-refractivity contribution in [2.24, 2.45) is 5.92 Å². The maximum Gasteiger partial charge on any atom is 0.236 e. The summed E-state index contributed by atoms with van der Waals surface area (Å²) in [7, 11) is 0. The van der Waals surface area contributed by atoms with E-state index in [9.17, 15) is 4.79 Å². The van der Waals surface area contributed by atoms with E-state index < -0.39 is 0 Å². The molecule has 0 bridgehead atoms. The monoisotopic (exact) mass is 274 g/mol. The minimum absolute atomic E-state index is 0.247. The van der Waals surface area contributed by atoms with Gasteiger partial charge in [-0.3, -0.25) is 4.79 Å². The number of piperidine rings is 1. The van der Waals surface area contributed by atoms with Crippen LogP contribution in [0.3, 0.4) is 0 Å². The number of nitrogens with zero attached hydrogens (tertiary/aromatic N) is 1. The van der Waals surface area contributed by atoms with Gasteiger partial charge in [0, 0.05) is 19.1 Å². The molecule has 2 rings (SSSR count). The van der Waals surface area contributed by atoms with Crippen LogP contribution in [0.15, 0.2) is 30.3 Å². The van der Waals surface area contributed by atoms with Gasteiger partial charge in [-0.1, -0.05) is 44.2 Å². The molecule has 0 unspecified atom stereocenters. The summed E-state index contributed by atoms with van der Waals surface area (Å²) in [5.74, 6) is 0.969. The minimum atomic E-state index is 0.247. The summed E-state index contributed by atoms with van der Waals surface area (Å²) in [5, 5.41) is 3.20. The molecule has 1 aliphatic heterocycles. The maximum atomic E-state index is 12.0. The Morgan fingerprint density at radius 3 is 2.50 bits per heavy atom. The number of rotatable bonds is 5. The van der Waals surface area contributed by atoms with E-state index in [1.54, 1.807) is 0 Å². The molecule has 1 saturated heterocycles. The first kappa shape index (κ1) is 15.0. The van der Waals surface area contributed by atoms with Crippen LogP contribution in [0.25, 0.3) is 0 Å². The smallest absolute Gasteiger partial charge is 0.236 e. The molecule has 0 aliphatic carbocycles. The third kappa shape index (κ3) is 4.64. The lowest BCUT2D eigenvalue weighted by Crippen LogP contribution is -2.44. The lowest BCUT2D eigenvalue weighted by Gasteiger charge is -2.32. The topological polar surface area (TPSA) is 32.3 Å². The van der Waals surface area contributed by atoms with Gasteiger partial charge in [-0.2, -0.15) is 0 Å². The summed E-state index contributed by atoms with van der Waals surface area (Å²) < 4.78 is 0. The Bertz CT molecular complexity index is 408. The molecule has 0 saturated carbocycles. The number of carbonyl (C=O) groups is 1. The lowest BCUT2D eigenvalue weighted by atomic mass is 9.90. The van der Waals surface area contributed by atoms with E-state index in [2.05, 4.69) is 49.5 Å². The van der Waals surface area contributed by atoms with E-state index in [0.717, 1.165) is 38.3 Å². The Labute approximate surface area is 122 Å². The Balaban J connectivity index is 1.73. The van der Waals surface area contributed by atoms with Gasteiger partial charge in [0.15, 0.2) is 0 Å². The molecule has 0 aromatic heterocycles. The predicted molar refractivity (Wildman–Crippen MR) is 82.6 cm³/mol. The van der Waals surface area contributed by atoms with Gasteiger partial charge in [0.2, 0.25) is 5.91 Å². The predicted octanol–water partition coefficient (Wildman–Crippen LogP) is 2.47. The quantitative estimate of drug-likeness (QED) is 0.894. The van der Waals surface area contributed by atoms with Crippen molar-refractivity contribution in [3.63, 3.8) is 0 Å². The highest BCUT2D eigenvalue weighted by Crippen LogP contribution is 2.21. The summed E-state index contributed by atoms with van der Waals surface area (Å²) in [6.07, 6.45) is 3.40. The summed E-state index contributed by atoms with van der Waals surface area (Å²) in [6.45, 7) is 6.44. The zero-order valence-electron chi connectivity index (χ0n) is 12.6. The molecule has 110 valence electrons. The molecule has 1 aromatic carbocycles. The van der Waals surface area contributed by atoms with Crippen LogP contribution < -0.4 is 5.32 Å². The highest BCUT2D eigenvalue weighted by molar-refractivity contribution is 5.78. The Morgan fingerprint density at radius 2 is 1.90 bits per heavy atom. The summed E-state index contributed by atoms with van der Waals surface area (Å²) >= 11 is 0. The molecule has 1 amide bonds. The number of amides is 1. The SMILES string of the molecule is CC(C)NCC(=O)N1CCC(Cc2ccccc2)CC1. The van der Waals surface area contributed by atoms with E-state index in [1.807, 2.05) is 4.90 Å². The van der Waals surface area contributed by atoms with Crippen molar-refractivity contribution in [1.29, 1.82) is 0 Å². The molecule has 0 radical (unpaired) electrons. The van der Waals surface area contributed by atoms with Gasteiger partial charge in [0.25, 0.3) is 0 Å². The number of likely N-dealkylation sites (tertiary alicyclic amines) is 1. The van der Waals surface area contributed by atoms with Crippen molar-refractivity contribution >= 4 is 5.91 Å². The normalized spacial score (nSPS) is 16.6. The van der Waals surface area contributed by atoms with E-state index in [4.69, 9.17) is 0 Å². The number of nitrogens with one attached hydrogen (secondary N) is 1. The number of benzene rings is 1. The largest absolute Gasteiger partial charge is 0.342 e. The lowest BCUT2D eigenvalue weighted by molar-refractivity contribution is -0.131. The van der Waals surface area contributed by atoms with Gasteiger partial charge in [0.1, 0.15) is 0 Å². The van der Waals surface area contributed by atoms with Gasteiger partial charge in [-0.05, 0) is 30.7 Å². The van der Waals surface area contributed by atoms with Crippen molar-refractivity contribution in [3.8, 4) is 0 Å². The van der Waals surface area contributed by atoms with E-state index >= 15 is 0 Å². The Morgan fingerprint density at radius 1 is 1.25 bits per heavy atom. The van der Waals surface area contributed by atoms with E-state index in [0.29, 0.717) is 12.6 Å². The van der Waals surface area contributed by atoms with Crippen molar-refractivity contribution in [2.45, 2.75) is 39.2 Å². The number of hydrogen-bond donors (Lipinski definition) is 1. The highest BCUT2D eigenvalue weighted by Gasteiger charge is 2.22. The third-order valence-corrected chi connectivity index (χ3v) is 4.00. The van der Waals surface area contributed by atoms with Crippen molar-refractivity contribution in [2.75, 3.05) is 19.6 Å². The van der Waals surface area contributed by atoms with Gasteiger partial charge in [0.05, 0.1) is 6.54 Å². The van der Waals surface area contributed by atoms with E-state index in [-0.39, 0.29) is 5.91 Å². The van der Waals surface area contributed by atoms with Gasteiger partial charge in [-0.15, -0.1) is 0 Å². The second kappa shape index (κ2) is 7.44. The van der Waals surface area contributed by atoms with Crippen LogP contribution in [0, 0.1) is 5.92 Å². The van der Waals surface area contributed by atoms with Crippen molar-refractivity contribution in [1.82, 2.24) is 10.2 Å². The van der Waals surface area contributed by atoms with Crippen LogP contribution in [0.1, 0.15) is 32.3 Å². The van der Waals surface area contributed by atoms with Crippen LogP contribution in [-0.4, -0.2) is 36.5 Å². The molecule has 3 nitrogen and oxygen atoms in total. The Hall–Kier alpha value is -1.35. The molecular weight excluding hydrogens is 248 g/mol. The molecule has 0 spiro atoms. The fourth-order valence-electron chi connectivity index (χ4n) is 2.74. The summed E-state index contributed by atoms with van der Waals surface area (Å²) in [5.41, 5.74) is 1.42. The van der Waals surface area contributed by atoms with Crippen LogP contribution in [0.4, 0.5) is 0 Å². The molecule has 1 aliphatic rings. The first-order chi connectivity index (χ1) is 9.65. The van der Waals surface area contributed by atoms with Crippen molar-refractivity contribution in [3.05, 3.63) is 35.9 Å². The molecule has 0 atom stereocenters. The minimum Gasteiger partial charge on any atom is -0.342 e. The number of carbonyl (C=O) groups excluding carboxylic acids is 1. The number of hydrogen-bond acceptors (Lipinski definition) is 2. The van der Waals surface area contributed by atoms with Crippen LogP contribution >= 0.6 is 0 Å². The maximum absolute atomic E-state index is 12.0. The standard InChI is InChI=1S/C17H26N2O/c1-14(2)18-13-17(20)19-10-8-16(9-11-19)12-15-6-4-3-5-7-15/h3-7,14,16,18H,8-13H2,1-2H3.